The monoisotopic (exact) mass is 350 g/mol. The number of nitrogens with one attached hydrogen (secondary N) is 2. The molecule has 0 amide bonds. The summed E-state index contributed by atoms with van der Waals surface area (Å²) in [5, 5.41) is 10.2. The number of aromatic nitrogens is 2. The Hall–Kier alpha value is -2.54. The van der Waals surface area contributed by atoms with Gasteiger partial charge >= 0.3 is 0 Å². The number of rotatable bonds is 7. The van der Waals surface area contributed by atoms with Crippen molar-refractivity contribution >= 4 is 23.0 Å². The fourth-order valence-corrected chi connectivity index (χ4v) is 2.08. The lowest BCUT2D eigenvalue weighted by molar-refractivity contribution is 0.287. The van der Waals surface area contributed by atoms with Crippen LogP contribution in [-0.2, 0) is 0 Å². The second kappa shape index (κ2) is 8.35. The van der Waals surface area contributed by atoms with Gasteiger partial charge in [-0.05, 0) is 39.0 Å². The van der Waals surface area contributed by atoms with E-state index in [1.54, 1.807) is 0 Å². The smallest absolute Gasteiger partial charge is 0.285 e. The Kier molecular flexibility index (Phi) is 6.20. The van der Waals surface area contributed by atoms with E-state index in [9.17, 15) is 4.79 Å². The molecule has 0 atom stereocenters. The van der Waals surface area contributed by atoms with Crippen LogP contribution in [0.25, 0.3) is 0 Å². The fourth-order valence-electron chi connectivity index (χ4n) is 1.95. The first kappa shape index (κ1) is 17.8. The van der Waals surface area contributed by atoms with Gasteiger partial charge in [-0.25, -0.2) is 5.10 Å². The van der Waals surface area contributed by atoms with Crippen molar-refractivity contribution in [3.63, 3.8) is 0 Å². The van der Waals surface area contributed by atoms with Crippen molar-refractivity contribution in [2.75, 3.05) is 18.6 Å². The summed E-state index contributed by atoms with van der Waals surface area (Å²) >= 11 is 5.89. The molecule has 2 aromatic rings. The molecule has 0 radical (unpaired) electrons. The highest BCUT2D eigenvalue weighted by atomic mass is 35.5. The molecule has 128 valence electrons. The van der Waals surface area contributed by atoms with E-state index in [0.717, 1.165) is 5.56 Å². The fraction of sp³-hybridized carbons (Fsp3) is 0.312. The number of anilines is 1. The van der Waals surface area contributed by atoms with Gasteiger partial charge in [0, 0.05) is 5.56 Å². The number of halogens is 1. The first-order valence-electron chi connectivity index (χ1n) is 7.50. The number of benzene rings is 1. The second-order valence-corrected chi connectivity index (χ2v) is 5.14. The summed E-state index contributed by atoms with van der Waals surface area (Å²) in [6.45, 7) is 6.74. The van der Waals surface area contributed by atoms with Gasteiger partial charge in [-0.2, -0.15) is 10.2 Å². The molecule has 0 fully saturated rings. The molecule has 7 nitrogen and oxygen atoms in total. The standard InChI is InChI=1S/C16H19ClN4O3/c1-4-23-13-7-6-11(8-14(13)24-5-2)10(3)19-20-12-9-18-21-16(22)15(12)17/h6-9H,4-5H2,1-3H3,(H2,20,21,22)/b19-10-. The van der Waals surface area contributed by atoms with Crippen LogP contribution in [0.4, 0.5) is 5.69 Å². The van der Waals surface area contributed by atoms with E-state index in [1.807, 2.05) is 39.0 Å². The van der Waals surface area contributed by atoms with Crippen LogP contribution < -0.4 is 20.5 Å². The second-order valence-electron chi connectivity index (χ2n) is 4.76. The van der Waals surface area contributed by atoms with E-state index < -0.39 is 5.56 Å². The molecule has 0 unspecified atom stereocenters. The zero-order chi connectivity index (χ0) is 17.5. The van der Waals surface area contributed by atoms with Crippen LogP contribution in [0.2, 0.25) is 5.02 Å². The molecular formula is C16H19ClN4O3. The number of nitrogens with zero attached hydrogens (tertiary/aromatic N) is 2. The molecule has 0 bridgehead atoms. The summed E-state index contributed by atoms with van der Waals surface area (Å²) in [7, 11) is 0. The summed E-state index contributed by atoms with van der Waals surface area (Å²) < 4.78 is 11.1. The Bertz CT molecular complexity index is 789. The van der Waals surface area contributed by atoms with Gasteiger partial charge in [0.2, 0.25) is 0 Å². The van der Waals surface area contributed by atoms with E-state index >= 15 is 0 Å². The van der Waals surface area contributed by atoms with Crippen LogP contribution in [0.1, 0.15) is 26.3 Å². The molecule has 24 heavy (non-hydrogen) atoms. The first-order chi connectivity index (χ1) is 11.6. The summed E-state index contributed by atoms with van der Waals surface area (Å²) in [4.78, 5) is 11.4. The molecule has 0 aliphatic rings. The molecule has 0 saturated carbocycles. The molecule has 1 aromatic carbocycles. The molecule has 0 aliphatic carbocycles. The van der Waals surface area contributed by atoms with Crippen molar-refractivity contribution in [2.24, 2.45) is 5.10 Å². The lowest BCUT2D eigenvalue weighted by Gasteiger charge is -2.12. The summed E-state index contributed by atoms with van der Waals surface area (Å²) in [5.74, 6) is 1.34. The highest BCUT2D eigenvalue weighted by Gasteiger charge is 2.09. The molecule has 2 rings (SSSR count). The lowest BCUT2D eigenvalue weighted by Crippen LogP contribution is -2.10. The van der Waals surface area contributed by atoms with Gasteiger partial charge in [-0.15, -0.1) is 0 Å². The Morgan fingerprint density at radius 3 is 2.71 bits per heavy atom. The number of H-pyrrole nitrogens is 1. The number of hydrogen-bond acceptors (Lipinski definition) is 6. The van der Waals surface area contributed by atoms with Crippen molar-refractivity contribution in [1.29, 1.82) is 0 Å². The highest BCUT2D eigenvalue weighted by Crippen LogP contribution is 2.28. The quantitative estimate of drug-likeness (QED) is 0.591. The zero-order valence-electron chi connectivity index (χ0n) is 13.7. The molecule has 0 saturated heterocycles. The number of aromatic amines is 1. The van der Waals surface area contributed by atoms with Crippen LogP contribution >= 0.6 is 11.6 Å². The Labute approximate surface area is 144 Å². The van der Waals surface area contributed by atoms with E-state index in [1.165, 1.54) is 6.20 Å². The SMILES string of the molecule is CCOc1ccc(/C(C)=N\Nc2cn[nH]c(=O)c2Cl)cc1OCC. The maximum Gasteiger partial charge on any atom is 0.285 e. The van der Waals surface area contributed by atoms with Gasteiger partial charge in [0.25, 0.3) is 5.56 Å². The number of hydrazone groups is 1. The minimum atomic E-state index is -0.478. The Morgan fingerprint density at radius 1 is 1.29 bits per heavy atom. The Balaban J connectivity index is 2.25. The Morgan fingerprint density at radius 2 is 2.00 bits per heavy atom. The summed E-state index contributed by atoms with van der Waals surface area (Å²) in [5.41, 5.74) is 4.14. The van der Waals surface area contributed by atoms with Gasteiger partial charge in [-0.3, -0.25) is 10.2 Å². The highest BCUT2D eigenvalue weighted by molar-refractivity contribution is 6.32. The van der Waals surface area contributed by atoms with Crippen LogP contribution in [0.5, 0.6) is 11.5 Å². The van der Waals surface area contributed by atoms with E-state index in [2.05, 4.69) is 20.7 Å². The summed E-state index contributed by atoms with van der Waals surface area (Å²) in [6, 6.07) is 5.57. The molecule has 0 spiro atoms. The van der Waals surface area contributed by atoms with E-state index in [4.69, 9.17) is 21.1 Å². The first-order valence-corrected chi connectivity index (χ1v) is 7.88. The van der Waals surface area contributed by atoms with Gasteiger partial charge < -0.3 is 9.47 Å². The van der Waals surface area contributed by atoms with Crippen molar-refractivity contribution in [1.82, 2.24) is 10.2 Å². The van der Waals surface area contributed by atoms with Crippen molar-refractivity contribution < 1.29 is 9.47 Å². The number of ether oxygens (including phenoxy) is 2. The molecule has 1 aromatic heterocycles. The molecular weight excluding hydrogens is 332 g/mol. The molecule has 8 heteroatoms. The topological polar surface area (TPSA) is 88.6 Å². The normalized spacial score (nSPS) is 11.2. The van der Waals surface area contributed by atoms with Crippen LogP contribution in [0.3, 0.4) is 0 Å². The minimum Gasteiger partial charge on any atom is -0.490 e. The van der Waals surface area contributed by atoms with E-state index in [0.29, 0.717) is 36.1 Å². The third kappa shape index (κ3) is 4.26. The van der Waals surface area contributed by atoms with Crippen molar-refractivity contribution in [3.8, 4) is 11.5 Å². The van der Waals surface area contributed by atoms with Gasteiger partial charge in [0.15, 0.2) is 11.5 Å². The largest absolute Gasteiger partial charge is 0.490 e. The maximum absolute atomic E-state index is 11.4. The predicted octanol–water partition coefficient (Wildman–Crippen LogP) is 3.06. The zero-order valence-corrected chi connectivity index (χ0v) is 14.5. The van der Waals surface area contributed by atoms with Crippen LogP contribution in [-0.4, -0.2) is 29.1 Å². The number of hydrogen-bond donors (Lipinski definition) is 2. The molecule has 1 heterocycles. The summed E-state index contributed by atoms with van der Waals surface area (Å²) in [6.07, 6.45) is 1.39. The molecule has 2 N–H and O–H groups in total. The van der Waals surface area contributed by atoms with Crippen molar-refractivity contribution in [2.45, 2.75) is 20.8 Å². The van der Waals surface area contributed by atoms with Crippen LogP contribution in [0, 0.1) is 0 Å². The van der Waals surface area contributed by atoms with Gasteiger partial charge in [-0.1, -0.05) is 11.6 Å². The predicted molar refractivity (Wildman–Crippen MR) is 94.5 cm³/mol. The van der Waals surface area contributed by atoms with Crippen molar-refractivity contribution in [3.05, 3.63) is 45.3 Å². The maximum atomic E-state index is 11.4. The van der Waals surface area contributed by atoms with Gasteiger partial charge in [0.05, 0.1) is 25.1 Å². The van der Waals surface area contributed by atoms with Gasteiger partial charge in [0.1, 0.15) is 10.7 Å². The third-order valence-electron chi connectivity index (χ3n) is 3.10. The lowest BCUT2D eigenvalue weighted by atomic mass is 10.1. The van der Waals surface area contributed by atoms with Crippen LogP contribution in [0.15, 0.2) is 34.3 Å². The average molecular weight is 351 g/mol. The van der Waals surface area contributed by atoms with E-state index in [-0.39, 0.29) is 5.02 Å². The average Bonchev–Trinajstić information content (AvgIpc) is 2.58. The minimum absolute atomic E-state index is 0.00301. The molecule has 0 aliphatic heterocycles. The third-order valence-corrected chi connectivity index (χ3v) is 3.48.